The van der Waals surface area contributed by atoms with Gasteiger partial charge in [0.15, 0.2) is 0 Å². The third-order valence-electron chi connectivity index (χ3n) is 7.15. The van der Waals surface area contributed by atoms with Crippen LogP contribution in [0.4, 0.5) is 19.0 Å². The SMILES string of the molecule is NC(=O)CN1CCC(Cn2ccc3c(N4CCOCC4c4cccc(C(F)(F)F)c4)ncnc32)C(O)C1. The van der Waals surface area contributed by atoms with Crippen LogP contribution in [0.3, 0.4) is 0 Å². The van der Waals surface area contributed by atoms with Crippen LogP contribution in [0, 0.1) is 5.92 Å². The molecule has 1 aromatic carbocycles. The Morgan fingerprint density at radius 3 is 2.81 bits per heavy atom. The molecular formula is C25H29F3N6O3. The summed E-state index contributed by atoms with van der Waals surface area (Å²) in [5.41, 5.74) is 5.77. The Bertz CT molecular complexity index is 1270. The molecule has 2 saturated heterocycles. The highest BCUT2D eigenvalue weighted by Gasteiger charge is 2.34. The van der Waals surface area contributed by atoms with Crippen molar-refractivity contribution < 1.29 is 27.8 Å². The van der Waals surface area contributed by atoms with E-state index in [2.05, 4.69) is 9.97 Å². The largest absolute Gasteiger partial charge is 0.416 e. The number of β-amino-alcohol motifs (C(OH)–C–C–N with tert-alkyl or cyclic N) is 1. The number of ether oxygens (including phenoxy) is 1. The minimum absolute atomic E-state index is 0.0283. The summed E-state index contributed by atoms with van der Waals surface area (Å²) in [6.07, 6.45) is -0.996. The van der Waals surface area contributed by atoms with Gasteiger partial charge in [-0.25, -0.2) is 9.97 Å². The smallest absolute Gasteiger partial charge is 0.391 e. The number of hydrogen-bond donors (Lipinski definition) is 2. The molecule has 0 bridgehead atoms. The number of benzene rings is 1. The highest BCUT2D eigenvalue weighted by Crippen LogP contribution is 2.36. The molecule has 1 amide bonds. The van der Waals surface area contributed by atoms with E-state index in [9.17, 15) is 23.1 Å². The summed E-state index contributed by atoms with van der Waals surface area (Å²) >= 11 is 0. The molecule has 0 aliphatic carbocycles. The van der Waals surface area contributed by atoms with Crippen molar-refractivity contribution in [2.45, 2.75) is 31.3 Å². The number of anilines is 1. The molecule has 5 rings (SSSR count). The van der Waals surface area contributed by atoms with Crippen molar-refractivity contribution >= 4 is 22.8 Å². The number of nitrogens with zero attached hydrogens (tertiary/aromatic N) is 5. The van der Waals surface area contributed by atoms with Crippen LogP contribution in [0.25, 0.3) is 11.0 Å². The lowest BCUT2D eigenvalue weighted by Gasteiger charge is -2.37. The van der Waals surface area contributed by atoms with Crippen LogP contribution in [-0.2, 0) is 22.3 Å². The maximum absolute atomic E-state index is 13.4. The van der Waals surface area contributed by atoms with E-state index in [1.54, 1.807) is 6.07 Å². The number of aromatic nitrogens is 3. The quantitative estimate of drug-likeness (QED) is 0.515. The molecule has 2 aliphatic heterocycles. The maximum Gasteiger partial charge on any atom is 0.416 e. The first-order valence-electron chi connectivity index (χ1n) is 12.2. The van der Waals surface area contributed by atoms with Crippen molar-refractivity contribution in [3.05, 3.63) is 54.0 Å². The Morgan fingerprint density at radius 1 is 1.22 bits per heavy atom. The lowest BCUT2D eigenvalue weighted by Crippen LogP contribution is -2.47. The zero-order valence-electron chi connectivity index (χ0n) is 20.1. The summed E-state index contributed by atoms with van der Waals surface area (Å²) in [6, 6.07) is 6.79. The number of hydrogen-bond acceptors (Lipinski definition) is 7. The zero-order valence-corrected chi connectivity index (χ0v) is 20.1. The van der Waals surface area contributed by atoms with Crippen molar-refractivity contribution in [1.29, 1.82) is 0 Å². The van der Waals surface area contributed by atoms with Crippen LogP contribution in [0.15, 0.2) is 42.9 Å². The standard InChI is InChI=1S/C25H29F3N6O3/c26-25(27,28)18-3-1-2-16(10-18)20-14-37-9-8-34(20)24-19-5-7-33(23(19)30-15-31-24)11-17-4-6-32(12-21(17)35)13-22(29)36/h1-3,5,7,10,15,17,20-21,35H,4,6,8-9,11-14H2,(H2,29,36). The summed E-state index contributed by atoms with van der Waals surface area (Å²) < 4.78 is 47.7. The number of carbonyl (C=O) groups excluding carboxylic acids is 1. The summed E-state index contributed by atoms with van der Waals surface area (Å²) in [5.74, 6) is 0.184. The Hall–Kier alpha value is -3.22. The average molecular weight is 519 g/mol. The van der Waals surface area contributed by atoms with Crippen molar-refractivity contribution in [3.8, 4) is 0 Å². The van der Waals surface area contributed by atoms with E-state index in [0.717, 1.165) is 11.5 Å². The van der Waals surface area contributed by atoms with Crippen LogP contribution in [0.1, 0.15) is 23.6 Å². The van der Waals surface area contributed by atoms with E-state index >= 15 is 0 Å². The van der Waals surface area contributed by atoms with Gasteiger partial charge in [0.2, 0.25) is 5.91 Å². The van der Waals surface area contributed by atoms with Crippen LogP contribution < -0.4 is 10.6 Å². The number of piperidine rings is 1. The van der Waals surface area contributed by atoms with Gasteiger partial charge in [-0.3, -0.25) is 9.69 Å². The van der Waals surface area contributed by atoms with Crippen molar-refractivity contribution in [1.82, 2.24) is 19.4 Å². The van der Waals surface area contributed by atoms with E-state index in [-0.39, 0.29) is 19.1 Å². The zero-order chi connectivity index (χ0) is 26.2. The molecule has 3 N–H and O–H groups in total. The average Bonchev–Trinajstić information content (AvgIpc) is 3.28. The summed E-state index contributed by atoms with van der Waals surface area (Å²) in [7, 11) is 0. The van der Waals surface area contributed by atoms with Crippen LogP contribution >= 0.6 is 0 Å². The summed E-state index contributed by atoms with van der Waals surface area (Å²) in [6.45, 7) is 2.83. The van der Waals surface area contributed by atoms with Gasteiger partial charge in [-0.2, -0.15) is 13.2 Å². The van der Waals surface area contributed by atoms with Crippen molar-refractivity contribution in [3.63, 3.8) is 0 Å². The molecule has 0 radical (unpaired) electrons. The molecule has 198 valence electrons. The molecule has 0 spiro atoms. The first-order valence-corrected chi connectivity index (χ1v) is 12.2. The van der Waals surface area contributed by atoms with Gasteiger partial charge in [-0.15, -0.1) is 0 Å². The van der Waals surface area contributed by atoms with Gasteiger partial charge in [-0.1, -0.05) is 12.1 Å². The fraction of sp³-hybridized carbons (Fsp3) is 0.480. The van der Waals surface area contributed by atoms with E-state index < -0.39 is 29.8 Å². The summed E-state index contributed by atoms with van der Waals surface area (Å²) in [5, 5.41) is 11.5. The Morgan fingerprint density at radius 2 is 2.05 bits per heavy atom. The van der Waals surface area contributed by atoms with E-state index in [4.69, 9.17) is 10.5 Å². The number of aliphatic hydroxyl groups excluding tert-OH is 1. The number of likely N-dealkylation sites (tertiary alicyclic amines) is 1. The molecular weight excluding hydrogens is 489 g/mol. The van der Waals surface area contributed by atoms with Crippen LogP contribution in [-0.4, -0.2) is 75.9 Å². The molecule has 9 nitrogen and oxygen atoms in total. The number of fused-ring (bicyclic) bond motifs is 1. The van der Waals surface area contributed by atoms with Gasteiger partial charge in [-0.05, 0) is 36.7 Å². The monoisotopic (exact) mass is 518 g/mol. The Balaban J connectivity index is 1.40. The molecule has 37 heavy (non-hydrogen) atoms. The molecule has 3 atom stereocenters. The molecule has 3 unspecified atom stereocenters. The molecule has 3 aromatic rings. The highest BCUT2D eigenvalue weighted by atomic mass is 19.4. The molecule has 4 heterocycles. The second-order valence-corrected chi connectivity index (χ2v) is 9.63. The number of aliphatic hydroxyl groups is 1. The number of rotatable bonds is 6. The molecule has 2 aromatic heterocycles. The van der Waals surface area contributed by atoms with Gasteiger partial charge in [0.25, 0.3) is 0 Å². The normalized spacial score (nSPS) is 23.5. The minimum Gasteiger partial charge on any atom is -0.391 e. The Kier molecular flexibility index (Phi) is 7.06. The number of halogens is 3. The number of morpholine rings is 1. The second-order valence-electron chi connectivity index (χ2n) is 9.63. The second kappa shape index (κ2) is 10.3. The first-order chi connectivity index (χ1) is 17.7. The van der Waals surface area contributed by atoms with Crippen LogP contribution in [0.2, 0.25) is 0 Å². The number of carbonyl (C=O) groups is 1. The third kappa shape index (κ3) is 5.41. The Labute approximate surface area is 211 Å². The number of nitrogens with two attached hydrogens (primary N) is 1. The van der Waals surface area contributed by atoms with Gasteiger partial charge >= 0.3 is 6.18 Å². The fourth-order valence-electron chi connectivity index (χ4n) is 5.30. The van der Waals surface area contributed by atoms with E-state index in [1.165, 1.54) is 18.5 Å². The van der Waals surface area contributed by atoms with E-state index in [0.29, 0.717) is 56.2 Å². The number of primary amides is 1. The third-order valence-corrected chi connectivity index (χ3v) is 7.15. The fourth-order valence-corrected chi connectivity index (χ4v) is 5.30. The first kappa shape index (κ1) is 25.4. The number of alkyl halides is 3. The molecule has 2 fully saturated rings. The van der Waals surface area contributed by atoms with E-state index in [1.807, 2.05) is 26.6 Å². The number of amides is 1. The van der Waals surface area contributed by atoms with Gasteiger partial charge in [0, 0.05) is 31.7 Å². The molecule has 12 heteroatoms. The van der Waals surface area contributed by atoms with Crippen LogP contribution in [0.5, 0.6) is 0 Å². The minimum atomic E-state index is -4.43. The molecule has 0 saturated carbocycles. The lowest BCUT2D eigenvalue weighted by atomic mass is 9.93. The summed E-state index contributed by atoms with van der Waals surface area (Å²) in [4.78, 5) is 24.0. The molecule has 2 aliphatic rings. The topological polar surface area (TPSA) is 110 Å². The highest BCUT2D eigenvalue weighted by molar-refractivity contribution is 5.88. The van der Waals surface area contributed by atoms with Gasteiger partial charge in [0.1, 0.15) is 17.8 Å². The van der Waals surface area contributed by atoms with Crippen molar-refractivity contribution in [2.24, 2.45) is 11.7 Å². The van der Waals surface area contributed by atoms with Gasteiger partial charge in [0.05, 0.1) is 42.9 Å². The predicted octanol–water partition coefficient (Wildman–Crippen LogP) is 2.20. The lowest BCUT2D eigenvalue weighted by molar-refractivity contribution is -0.137. The van der Waals surface area contributed by atoms with Crippen molar-refractivity contribution in [2.75, 3.05) is 44.3 Å². The maximum atomic E-state index is 13.4. The van der Waals surface area contributed by atoms with Gasteiger partial charge < -0.3 is 25.0 Å². The predicted molar refractivity (Wildman–Crippen MR) is 130 cm³/mol.